The molecule has 0 spiro atoms. The zero-order valence-corrected chi connectivity index (χ0v) is 12.4. The van der Waals surface area contributed by atoms with Gasteiger partial charge in [0.15, 0.2) is 0 Å². The van der Waals surface area contributed by atoms with E-state index in [1.165, 1.54) is 30.3 Å². The van der Waals surface area contributed by atoms with Crippen LogP contribution in [-0.2, 0) is 10.0 Å². The summed E-state index contributed by atoms with van der Waals surface area (Å²) >= 11 is 0. The van der Waals surface area contributed by atoms with Gasteiger partial charge in [-0.3, -0.25) is 0 Å². The van der Waals surface area contributed by atoms with Gasteiger partial charge in [0.25, 0.3) is 0 Å². The molecule has 0 aromatic heterocycles. The Balaban J connectivity index is 1.86. The lowest BCUT2D eigenvalue weighted by atomic mass is 10.2. The monoisotopic (exact) mass is 309 g/mol. The van der Waals surface area contributed by atoms with Gasteiger partial charge in [-0.1, -0.05) is 12.1 Å². The van der Waals surface area contributed by atoms with E-state index < -0.39 is 10.0 Å². The van der Waals surface area contributed by atoms with Crippen LogP contribution < -0.4 is 9.46 Å². The molecule has 6 heteroatoms. The first-order valence-electron chi connectivity index (χ1n) is 6.42. The van der Waals surface area contributed by atoms with Gasteiger partial charge < -0.3 is 4.74 Å². The lowest BCUT2D eigenvalue weighted by Crippen LogP contribution is -2.28. The summed E-state index contributed by atoms with van der Waals surface area (Å²) in [4.78, 5) is 0.226. The zero-order valence-electron chi connectivity index (χ0n) is 11.5. The number of aryl methyl sites for hydroxylation is 1. The largest absolute Gasteiger partial charge is 0.492 e. The smallest absolute Gasteiger partial charge is 0.240 e. The molecule has 0 fully saturated rings. The molecule has 4 nitrogen and oxygen atoms in total. The maximum atomic E-state index is 12.7. The van der Waals surface area contributed by atoms with Crippen LogP contribution in [0.4, 0.5) is 4.39 Å². The Morgan fingerprint density at radius 2 is 1.86 bits per heavy atom. The highest BCUT2D eigenvalue weighted by Gasteiger charge is 2.12. The number of sulfonamides is 1. The van der Waals surface area contributed by atoms with Gasteiger partial charge in [0.2, 0.25) is 10.0 Å². The Morgan fingerprint density at radius 1 is 1.14 bits per heavy atom. The first-order chi connectivity index (χ1) is 9.97. The van der Waals surface area contributed by atoms with Gasteiger partial charge in [0.05, 0.1) is 4.90 Å². The topological polar surface area (TPSA) is 55.4 Å². The molecule has 1 N–H and O–H groups in total. The number of rotatable bonds is 6. The molecule has 0 aliphatic rings. The van der Waals surface area contributed by atoms with Crippen molar-refractivity contribution in [3.05, 3.63) is 59.9 Å². The number of nitrogens with one attached hydrogen (secondary N) is 1. The van der Waals surface area contributed by atoms with Crippen LogP contribution in [0.1, 0.15) is 5.56 Å². The normalized spacial score (nSPS) is 11.3. The molecule has 0 amide bonds. The lowest BCUT2D eigenvalue weighted by Gasteiger charge is -2.09. The minimum absolute atomic E-state index is 0.133. The summed E-state index contributed by atoms with van der Waals surface area (Å²) in [7, 11) is -3.53. The molecule has 0 atom stereocenters. The van der Waals surface area contributed by atoms with Crippen molar-refractivity contribution >= 4 is 10.0 Å². The highest BCUT2D eigenvalue weighted by Crippen LogP contribution is 2.12. The summed E-state index contributed by atoms with van der Waals surface area (Å²) in [6, 6.07) is 12.2. The first-order valence-corrected chi connectivity index (χ1v) is 7.90. The lowest BCUT2D eigenvalue weighted by molar-refractivity contribution is 0.322. The number of halogens is 1. The van der Waals surface area contributed by atoms with Crippen LogP contribution in [0.25, 0.3) is 0 Å². The molecule has 2 rings (SSSR count). The van der Waals surface area contributed by atoms with Crippen molar-refractivity contribution in [2.75, 3.05) is 13.2 Å². The molecular formula is C15H16FNO3S. The van der Waals surface area contributed by atoms with E-state index in [9.17, 15) is 12.8 Å². The summed E-state index contributed by atoms with van der Waals surface area (Å²) in [5.41, 5.74) is 0.875. The summed E-state index contributed by atoms with van der Waals surface area (Å²) in [6.07, 6.45) is 0. The van der Waals surface area contributed by atoms with E-state index in [1.807, 2.05) is 13.0 Å². The molecule has 0 aliphatic carbocycles. The molecule has 2 aromatic carbocycles. The van der Waals surface area contributed by atoms with E-state index in [-0.39, 0.29) is 23.9 Å². The fraction of sp³-hybridized carbons (Fsp3) is 0.200. The van der Waals surface area contributed by atoms with Gasteiger partial charge in [-0.15, -0.1) is 0 Å². The number of ether oxygens (including phenoxy) is 1. The maximum Gasteiger partial charge on any atom is 0.240 e. The van der Waals surface area contributed by atoms with Crippen molar-refractivity contribution in [2.24, 2.45) is 0 Å². The van der Waals surface area contributed by atoms with Crippen LogP contribution in [0.15, 0.2) is 53.4 Å². The van der Waals surface area contributed by atoms with E-state index in [1.54, 1.807) is 12.1 Å². The van der Waals surface area contributed by atoms with E-state index >= 15 is 0 Å². The molecule has 0 unspecified atom stereocenters. The van der Waals surface area contributed by atoms with E-state index in [2.05, 4.69) is 4.72 Å². The minimum atomic E-state index is -3.53. The van der Waals surface area contributed by atoms with Crippen LogP contribution in [0.5, 0.6) is 5.75 Å². The second-order valence-corrected chi connectivity index (χ2v) is 6.28. The Kier molecular flexibility index (Phi) is 4.93. The standard InChI is InChI=1S/C15H16FNO3S/c1-12-3-2-4-15(11-12)21(18,19)17-9-10-20-14-7-5-13(16)6-8-14/h2-8,11,17H,9-10H2,1H3. The molecule has 0 aliphatic heterocycles. The highest BCUT2D eigenvalue weighted by atomic mass is 32.2. The van der Waals surface area contributed by atoms with Crippen molar-refractivity contribution in [3.8, 4) is 5.75 Å². The summed E-state index contributed by atoms with van der Waals surface area (Å²) in [6.45, 7) is 2.13. The predicted octanol–water partition coefficient (Wildman–Crippen LogP) is 2.49. The van der Waals surface area contributed by atoms with Crippen LogP contribution in [0.3, 0.4) is 0 Å². The van der Waals surface area contributed by atoms with Gasteiger partial charge in [-0.25, -0.2) is 17.5 Å². The Bertz CT molecular complexity index is 699. The third kappa shape index (κ3) is 4.54. The first kappa shape index (κ1) is 15.5. The van der Waals surface area contributed by atoms with Crippen molar-refractivity contribution in [2.45, 2.75) is 11.8 Å². The number of hydrogen-bond donors (Lipinski definition) is 1. The third-order valence-electron chi connectivity index (χ3n) is 2.78. The number of benzene rings is 2. The molecule has 112 valence electrons. The SMILES string of the molecule is Cc1cccc(S(=O)(=O)NCCOc2ccc(F)cc2)c1. The van der Waals surface area contributed by atoms with Crippen molar-refractivity contribution in [3.63, 3.8) is 0 Å². The van der Waals surface area contributed by atoms with Crippen LogP contribution in [0.2, 0.25) is 0 Å². The van der Waals surface area contributed by atoms with E-state index in [4.69, 9.17) is 4.74 Å². The van der Waals surface area contributed by atoms with Gasteiger partial charge in [0, 0.05) is 6.54 Å². The average molecular weight is 309 g/mol. The fourth-order valence-electron chi connectivity index (χ4n) is 1.74. The molecule has 21 heavy (non-hydrogen) atoms. The molecule has 0 saturated heterocycles. The number of hydrogen-bond acceptors (Lipinski definition) is 3. The summed E-state index contributed by atoms with van der Waals surface area (Å²) in [5.74, 6) is 0.147. The van der Waals surface area contributed by atoms with Gasteiger partial charge in [-0.05, 0) is 48.9 Å². The third-order valence-corrected chi connectivity index (χ3v) is 4.24. The van der Waals surface area contributed by atoms with Gasteiger partial charge >= 0.3 is 0 Å². The van der Waals surface area contributed by atoms with E-state index in [0.29, 0.717) is 5.75 Å². The van der Waals surface area contributed by atoms with Crippen molar-refractivity contribution < 1.29 is 17.5 Å². The Labute approximate surface area is 123 Å². The fourth-order valence-corrected chi connectivity index (χ4v) is 2.86. The molecule has 2 aromatic rings. The molecule has 0 radical (unpaired) electrons. The van der Waals surface area contributed by atoms with Gasteiger partial charge in [-0.2, -0.15) is 0 Å². The van der Waals surface area contributed by atoms with Crippen molar-refractivity contribution in [1.29, 1.82) is 0 Å². The van der Waals surface area contributed by atoms with E-state index in [0.717, 1.165) is 5.56 Å². The molecular weight excluding hydrogens is 293 g/mol. The average Bonchev–Trinajstić information content (AvgIpc) is 2.45. The Hall–Kier alpha value is -1.92. The van der Waals surface area contributed by atoms with Crippen molar-refractivity contribution in [1.82, 2.24) is 4.72 Å². The molecule has 0 bridgehead atoms. The van der Waals surface area contributed by atoms with Crippen LogP contribution >= 0.6 is 0 Å². The maximum absolute atomic E-state index is 12.7. The quantitative estimate of drug-likeness (QED) is 0.834. The van der Waals surface area contributed by atoms with Gasteiger partial charge in [0.1, 0.15) is 18.2 Å². The second-order valence-electron chi connectivity index (χ2n) is 4.52. The van der Waals surface area contributed by atoms with Crippen LogP contribution in [-0.4, -0.2) is 21.6 Å². The summed E-state index contributed by atoms with van der Waals surface area (Å²) in [5, 5.41) is 0. The predicted molar refractivity (Wildman–Crippen MR) is 78.3 cm³/mol. The molecule has 0 heterocycles. The minimum Gasteiger partial charge on any atom is -0.492 e. The second kappa shape index (κ2) is 6.69. The van der Waals surface area contributed by atoms with Crippen LogP contribution in [0, 0.1) is 12.7 Å². The highest BCUT2D eigenvalue weighted by molar-refractivity contribution is 7.89. The molecule has 0 saturated carbocycles. The Morgan fingerprint density at radius 3 is 2.52 bits per heavy atom. The zero-order chi connectivity index (χ0) is 15.3. The summed E-state index contributed by atoms with van der Waals surface area (Å²) < 4.78 is 44.5.